The van der Waals surface area contributed by atoms with Crippen LogP contribution in [0, 0.1) is 10.1 Å². The van der Waals surface area contributed by atoms with Gasteiger partial charge in [0.15, 0.2) is 0 Å². The highest BCUT2D eigenvalue weighted by molar-refractivity contribution is 9.10. The van der Waals surface area contributed by atoms with Gasteiger partial charge in [0.05, 0.1) is 22.5 Å². The minimum atomic E-state index is -0.426. The van der Waals surface area contributed by atoms with E-state index >= 15 is 0 Å². The fraction of sp³-hybridized carbons (Fsp3) is 0. The first-order valence-electron chi connectivity index (χ1n) is 9.02. The highest BCUT2D eigenvalue weighted by atomic mass is 79.9. The second-order valence-electron chi connectivity index (χ2n) is 6.02. The molecular weight excluding hydrogens is 460 g/mol. The lowest BCUT2D eigenvalue weighted by atomic mass is 10.3. The number of nitrogens with two attached hydrogens (primary N) is 2. The second-order valence-corrected chi connectivity index (χ2v) is 6.93. The minimum absolute atomic E-state index is 0.106. The zero-order chi connectivity index (χ0) is 22.5. The van der Waals surface area contributed by atoms with E-state index in [1.54, 1.807) is 49.1 Å². The number of anilines is 4. The first-order valence-corrected chi connectivity index (χ1v) is 9.81. The van der Waals surface area contributed by atoms with Crippen LogP contribution in [0.3, 0.4) is 0 Å². The van der Waals surface area contributed by atoms with Crippen molar-refractivity contribution in [1.82, 2.24) is 9.97 Å². The quantitative estimate of drug-likeness (QED) is 0.202. The summed E-state index contributed by atoms with van der Waals surface area (Å²) in [5, 5.41) is 13.3. The normalized spacial score (nSPS) is 9.32. The molecule has 0 atom stereocenters. The third kappa shape index (κ3) is 9.37. The van der Waals surface area contributed by atoms with Gasteiger partial charge in [0.2, 0.25) is 0 Å². The second kappa shape index (κ2) is 12.6. The van der Waals surface area contributed by atoms with Crippen LogP contribution in [0.15, 0.2) is 102 Å². The molecule has 0 spiro atoms. The van der Waals surface area contributed by atoms with Crippen LogP contribution < -0.4 is 16.8 Å². The average molecular weight is 481 g/mol. The maximum Gasteiger partial charge on any atom is 0.270 e. The molecule has 4 rings (SSSR count). The van der Waals surface area contributed by atoms with Crippen LogP contribution in [0.5, 0.6) is 0 Å². The molecule has 2 heterocycles. The number of nitrogens with zero attached hydrogens (tertiary/aromatic N) is 3. The Bertz CT molecular complexity index is 1080. The lowest BCUT2D eigenvalue weighted by Gasteiger charge is -2.05. The predicted octanol–water partition coefficient (Wildman–Crippen LogP) is 5.43. The number of hydrogen-bond acceptors (Lipinski definition) is 7. The number of hydrogen-bond donors (Lipinski definition) is 3. The van der Waals surface area contributed by atoms with Gasteiger partial charge in [0.25, 0.3) is 5.69 Å². The molecule has 0 bridgehead atoms. The molecule has 5 N–H and O–H groups in total. The Kier molecular flexibility index (Phi) is 9.44. The molecule has 0 radical (unpaired) electrons. The number of nitrogens with one attached hydrogen (secondary N) is 1. The number of nitrogen functional groups attached to an aromatic ring is 2. The van der Waals surface area contributed by atoms with Crippen molar-refractivity contribution in [2.24, 2.45) is 0 Å². The molecule has 0 fully saturated rings. The van der Waals surface area contributed by atoms with Crippen LogP contribution >= 0.6 is 15.9 Å². The molecule has 0 aliphatic rings. The number of halogens is 1. The lowest BCUT2D eigenvalue weighted by Crippen LogP contribution is -1.92. The van der Waals surface area contributed by atoms with Gasteiger partial charge in [-0.3, -0.25) is 20.1 Å². The first-order chi connectivity index (χ1) is 14.9. The summed E-state index contributed by atoms with van der Waals surface area (Å²) in [5.41, 5.74) is 14.4. The molecule has 9 heteroatoms. The van der Waals surface area contributed by atoms with E-state index in [2.05, 4.69) is 31.2 Å². The SMILES string of the molecule is Nc1cccc(Nc2cccnc2)c1.Nc1cccnc1.O=[N+]([O-])c1cccc(Br)c1. The van der Waals surface area contributed by atoms with Gasteiger partial charge in [-0.25, -0.2) is 0 Å². The average Bonchev–Trinajstić information content (AvgIpc) is 2.76. The zero-order valence-corrected chi connectivity index (χ0v) is 18.0. The fourth-order valence-electron chi connectivity index (χ4n) is 2.19. The molecule has 8 nitrogen and oxygen atoms in total. The monoisotopic (exact) mass is 480 g/mol. The summed E-state index contributed by atoms with van der Waals surface area (Å²) in [4.78, 5) is 17.5. The van der Waals surface area contributed by atoms with Crippen molar-refractivity contribution in [2.45, 2.75) is 0 Å². The van der Waals surface area contributed by atoms with E-state index in [0.29, 0.717) is 5.69 Å². The van der Waals surface area contributed by atoms with Crippen molar-refractivity contribution in [1.29, 1.82) is 0 Å². The molecule has 4 aromatic rings. The molecule has 0 aliphatic carbocycles. The molecule has 0 amide bonds. The van der Waals surface area contributed by atoms with E-state index in [0.717, 1.165) is 21.5 Å². The Morgan fingerprint density at radius 2 is 1.45 bits per heavy atom. The number of nitro benzene ring substituents is 1. The summed E-state index contributed by atoms with van der Waals surface area (Å²) in [7, 11) is 0. The highest BCUT2D eigenvalue weighted by Crippen LogP contribution is 2.17. The van der Waals surface area contributed by atoms with Crippen LogP contribution in [0.4, 0.5) is 28.4 Å². The standard InChI is InChI=1S/C11H11N3.C6H4BrNO2.C5H6N2/c12-9-3-1-4-10(7-9)14-11-5-2-6-13-8-11;7-5-2-1-3-6(4-5)8(9)10;6-5-2-1-3-7-4-5/h1-8,14H,12H2;1-4H;1-4H,6H2. The third-order valence-corrected chi connectivity index (χ3v) is 4.03. The molecule has 2 aromatic heterocycles. The van der Waals surface area contributed by atoms with E-state index < -0.39 is 4.92 Å². The van der Waals surface area contributed by atoms with Gasteiger partial charge < -0.3 is 16.8 Å². The lowest BCUT2D eigenvalue weighted by molar-refractivity contribution is -0.384. The fourth-order valence-corrected chi connectivity index (χ4v) is 2.57. The summed E-state index contributed by atoms with van der Waals surface area (Å²) in [5.74, 6) is 0. The van der Waals surface area contributed by atoms with Crippen LogP contribution in [-0.4, -0.2) is 14.9 Å². The largest absolute Gasteiger partial charge is 0.399 e. The van der Waals surface area contributed by atoms with E-state index in [-0.39, 0.29) is 5.69 Å². The van der Waals surface area contributed by atoms with E-state index in [9.17, 15) is 10.1 Å². The third-order valence-electron chi connectivity index (χ3n) is 3.54. The van der Waals surface area contributed by atoms with Crippen molar-refractivity contribution >= 4 is 44.4 Å². The molecule has 158 valence electrons. The van der Waals surface area contributed by atoms with Crippen molar-refractivity contribution in [3.63, 3.8) is 0 Å². The predicted molar refractivity (Wildman–Crippen MR) is 128 cm³/mol. The molecular formula is C22H21BrN6O2. The molecule has 0 saturated heterocycles. The number of rotatable bonds is 3. The Balaban J connectivity index is 0.000000176. The molecule has 0 saturated carbocycles. The van der Waals surface area contributed by atoms with Crippen molar-refractivity contribution in [3.8, 4) is 0 Å². The van der Waals surface area contributed by atoms with Gasteiger partial charge >= 0.3 is 0 Å². The van der Waals surface area contributed by atoms with Gasteiger partial charge in [0, 0.05) is 46.6 Å². The maximum absolute atomic E-state index is 10.1. The molecule has 31 heavy (non-hydrogen) atoms. The number of non-ortho nitro benzene ring substituents is 1. The summed E-state index contributed by atoms with van der Waals surface area (Å²) < 4.78 is 0.724. The highest BCUT2D eigenvalue weighted by Gasteiger charge is 2.02. The Labute approximate surface area is 188 Å². The Morgan fingerprint density at radius 1 is 0.806 bits per heavy atom. The number of nitro groups is 1. The van der Waals surface area contributed by atoms with Gasteiger partial charge in [-0.15, -0.1) is 0 Å². The maximum atomic E-state index is 10.1. The van der Waals surface area contributed by atoms with Gasteiger partial charge in [-0.05, 0) is 48.5 Å². The van der Waals surface area contributed by atoms with E-state index in [1.807, 2.05) is 36.4 Å². The van der Waals surface area contributed by atoms with Crippen molar-refractivity contribution in [2.75, 3.05) is 16.8 Å². The van der Waals surface area contributed by atoms with Crippen LogP contribution in [0.2, 0.25) is 0 Å². The van der Waals surface area contributed by atoms with Crippen LogP contribution in [0.25, 0.3) is 0 Å². The van der Waals surface area contributed by atoms with Crippen LogP contribution in [-0.2, 0) is 0 Å². The molecule has 0 unspecified atom stereocenters. The number of benzene rings is 2. The number of pyridine rings is 2. The smallest absolute Gasteiger partial charge is 0.270 e. The Hall–Kier alpha value is -3.98. The van der Waals surface area contributed by atoms with Gasteiger partial charge in [-0.1, -0.05) is 28.1 Å². The summed E-state index contributed by atoms with van der Waals surface area (Å²) in [6, 6.07) is 21.3. The van der Waals surface area contributed by atoms with E-state index in [4.69, 9.17) is 11.5 Å². The van der Waals surface area contributed by atoms with Crippen molar-refractivity contribution in [3.05, 3.63) is 112 Å². The summed E-state index contributed by atoms with van der Waals surface area (Å²) in [6.07, 6.45) is 6.81. The van der Waals surface area contributed by atoms with E-state index in [1.165, 1.54) is 12.1 Å². The van der Waals surface area contributed by atoms with Gasteiger partial charge in [-0.2, -0.15) is 0 Å². The first kappa shape index (κ1) is 23.3. The summed E-state index contributed by atoms with van der Waals surface area (Å²) in [6.45, 7) is 0. The van der Waals surface area contributed by atoms with Crippen LogP contribution in [0.1, 0.15) is 0 Å². The number of aromatic nitrogens is 2. The topological polar surface area (TPSA) is 133 Å². The molecule has 2 aromatic carbocycles. The Morgan fingerprint density at radius 3 is 1.94 bits per heavy atom. The van der Waals surface area contributed by atoms with Gasteiger partial charge in [0.1, 0.15) is 0 Å². The summed E-state index contributed by atoms with van der Waals surface area (Å²) >= 11 is 3.13. The molecule has 0 aliphatic heterocycles. The minimum Gasteiger partial charge on any atom is -0.399 e. The van der Waals surface area contributed by atoms with Crippen molar-refractivity contribution < 1.29 is 4.92 Å². The zero-order valence-electron chi connectivity index (χ0n) is 16.4.